The Morgan fingerprint density at radius 2 is 1.93 bits per heavy atom. The Kier molecular flexibility index (Phi) is 4.66. The minimum atomic E-state index is -1.17. The van der Waals surface area contributed by atoms with Gasteiger partial charge in [-0.05, 0) is 13.3 Å². The molecule has 0 aliphatic carbocycles. The van der Waals surface area contributed by atoms with Gasteiger partial charge in [0.15, 0.2) is 0 Å². The van der Waals surface area contributed by atoms with Crippen LogP contribution in [0.3, 0.4) is 0 Å². The van der Waals surface area contributed by atoms with Crippen molar-refractivity contribution in [2.75, 3.05) is 6.54 Å². The van der Waals surface area contributed by atoms with Gasteiger partial charge in [-0.2, -0.15) is 10.6 Å². The maximum absolute atomic E-state index is 11.6. The van der Waals surface area contributed by atoms with Gasteiger partial charge in [-0.1, -0.05) is 48.1 Å². The molecule has 0 heterocycles. The summed E-state index contributed by atoms with van der Waals surface area (Å²) in [7, 11) is -1.17. The smallest absolute Gasteiger partial charge is 0.0126 e. The fourth-order valence-electron chi connectivity index (χ4n) is 1.03. The normalized spacial score (nSPS) is 13.0. The molecule has 0 aliphatic rings. The van der Waals surface area contributed by atoms with Gasteiger partial charge in [0, 0.05) is 6.54 Å². The molecule has 0 unspecified atom stereocenters. The first-order valence-corrected chi connectivity index (χ1v) is 6.00. The van der Waals surface area contributed by atoms with Crippen LogP contribution in [0.15, 0.2) is 33.5 Å². The zero-order valence-corrected chi connectivity index (χ0v) is 9.51. The molecule has 0 spiro atoms. The molecular weight excluding hydrogens is 194 g/mol. The molecule has 2 nitrogen and oxygen atoms in total. The molecule has 0 atom stereocenters. The van der Waals surface area contributed by atoms with E-state index in [1.807, 2.05) is 31.2 Å². The second-order valence-electron chi connectivity index (χ2n) is 3.27. The van der Waals surface area contributed by atoms with Crippen molar-refractivity contribution in [3.8, 4) is 0 Å². The van der Waals surface area contributed by atoms with E-state index in [2.05, 4.69) is 11.3 Å². The van der Waals surface area contributed by atoms with Crippen molar-refractivity contribution in [3.63, 3.8) is 0 Å². The fourth-order valence-corrected chi connectivity index (χ4v) is 1.85. The maximum Gasteiger partial charge on any atom is 0.0126 e. The molecule has 1 rings (SSSR count). The molecule has 0 aliphatic heterocycles. The number of rotatable bonds is 4. The predicted octanol–water partition coefficient (Wildman–Crippen LogP) is 3.30. The molecule has 0 bridgehead atoms. The third-order valence-electron chi connectivity index (χ3n) is 1.94. The summed E-state index contributed by atoms with van der Waals surface area (Å²) >= 11 is 0. The summed E-state index contributed by atoms with van der Waals surface area (Å²) in [6.07, 6.45) is 2.10. The summed E-state index contributed by atoms with van der Waals surface area (Å²) in [5, 5.41) is 0. The summed E-state index contributed by atoms with van der Waals surface area (Å²) in [4.78, 5) is 0.798. The van der Waals surface area contributed by atoms with Crippen LogP contribution in [0.2, 0.25) is 0 Å². The standard InChI is InChI=1S/C11H16NOS/c1-3-4-9-12-14(13)11-7-5-10(2)6-8-11/h5-8H,3-4,9H2,1-2H3/q-1. The summed E-state index contributed by atoms with van der Waals surface area (Å²) < 4.78 is 15.7. The van der Waals surface area contributed by atoms with Crippen LogP contribution >= 0.6 is 0 Å². The molecule has 0 saturated heterocycles. The van der Waals surface area contributed by atoms with Crippen molar-refractivity contribution < 1.29 is 4.21 Å². The van der Waals surface area contributed by atoms with Crippen LogP contribution in [0.5, 0.6) is 0 Å². The van der Waals surface area contributed by atoms with Gasteiger partial charge >= 0.3 is 0 Å². The van der Waals surface area contributed by atoms with Crippen LogP contribution in [0, 0.1) is 6.92 Å². The Hall–Kier alpha value is -0.830. The molecular formula is C11H16NOS-. The maximum atomic E-state index is 11.6. The Bertz CT molecular complexity index is 350. The Morgan fingerprint density at radius 1 is 1.29 bits per heavy atom. The largest absolute Gasteiger partial charge is 0.440 e. The van der Waals surface area contributed by atoms with Crippen LogP contribution in [-0.2, 0) is 14.8 Å². The lowest BCUT2D eigenvalue weighted by atomic mass is 10.2. The van der Waals surface area contributed by atoms with Crippen molar-refractivity contribution >= 4 is 10.6 Å². The number of nitrogens with zero attached hydrogens (tertiary/aromatic N) is 1. The number of benzene rings is 1. The van der Waals surface area contributed by atoms with Gasteiger partial charge in [0.2, 0.25) is 0 Å². The van der Waals surface area contributed by atoms with Gasteiger partial charge in [-0.15, -0.1) is 0 Å². The fraction of sp³-hybridized carbons (Fsp3) is 0.455. The third-order valence-corrected chi connectivity index (χ3v) is 3.04. The summed E-state index contributed by atoms with van der Waals surface area (Å²) in [6, 6.07) is 7.67. The summed E-state index contributed by atoms with van der Waals surface area (Å²) in [5.41, 5.74) is 1.18. The predicted molar refractivity (Wildman–Crippen MR) is 59.7 cm³/mol. The lowest BCUT2D eigenvalue weighted by molar-refractivity contribution is 0.598. The monoisotopic (exact) mass is 210 g/mol. The lowest BCUT2D eigenvalue weighted by Gasteiger charge is -2.05. The summed E-state index contributed by atoms with van der Waals surface area (Å²) in [5.74, 6) is 0. The molecule has 0 saturated carbocycles. The highest BCUT2D eigenvalue weighted by Gasteiger charge is 1.83. The molecule has 78 valence electrons. The Balaban J connectivity index is 2.69. The van der Waals surface area contributed by atoms with Gasteiger partial charge < -0.3 is 8.57 Å². The number of hydrogen-bond donors (Lipinski definition) is 0. The lowest BCUT2D eigenvalue weighted by Crippen LogP contribution is -1.83. The highest BCUT2D eigenvalue weighted by atomic mass is 32.2. The van der Waals surface area contributed by atoms with Crippen LogP contribution in [-0.4, -0.2) is 6.54 Å². The van der Waals surface area contributed by atoms with Crippen molar-refractivity contribution in [2.45, 2.75) is 31.6 Å². The SMILES string of the molecule is CCCCN=[S-](=O)c1ccc(C)cc1. The zero-order valence-electron chi connectivity index (χ0n) is 8.69. The topological polar surface area (TPSA) is 29.4 Å². The first-order chi connectivity index (χ1) is 6.74. The molecule has 1 aromatic rings. The number of hydrogen-bond acceptors (Lipinski definition) is 3. The molecule has 0 amide bonds. The minimum absolute atomic E-state index is 0.691. The van der Waals surface area contributed by atoms with E-state index in [0.717, 1.165) is 17.7 Å². The van der Waals surface area contributed by atoms with Gasteiger partial charge in [-0.25, -0.2) is 0 Å². The molecule has 0 N–H and O–H groups in total. The number of unbranched alkanes of at least 4 members (excludes halogenated alkanes) is 1. The van der Waals surface area contributed by atoms with Gasteiger partial charge in [0.25, 0.3) is 0 Å². The molecule has 0 radical (unpaired) electrons. The van der Waals surface area contributed by atoms with E-state index in [-0.39, 0.29) is 0 Å². The van der Waals surface area contributed by atoms with E-state index < -0.39 is 10.6 Å². The Labute approximate surface area is 87.6 Å². The van der Waals surface area contributed by atoms with E-state index in [1.165, 1.54) is 5.56 Å². The molecule has 0 aromatic heterocycles. The van der Waals surface area contributed by atoms with Gasteiger partial charge in [0.05, 0.1) is 0 Å². The van der Waals surface area contributed by atoms with E-state index in [9.17, 15) is 4.21 Å². The molecule has 14 heavy (non-hydrogen) atoms. The van der Waals surface area contributed by atoms with E-state index in [0.29, 0.717) is 6.54 Å². The Morgan fingerprint density at radius 3 is 2.50 bits per heavy atom. The van der Waals surface area contributed by atoms with Gasteiger partial charge in [0.1, 0.15) is 0 Å². The van der Waals surface area contributed by atoms with Crippen molar-refractivity contribution in [1.82, 2.24) is 0 Å². The molecule has 1 aromatic carbocycles. The van der Waals surface area contributed by atoms with E-state index >= 15 is 0 Å². The summed E-state index contributed by atoms with van der Waals surface area (Å²) in [6.45, 7) is 4.81. The third kappa shape index (κ3) is 3.50. The highest BCUT2D eigenvalue weighted by molar-refractivity contribution is 7.74. The van der Waals surface area contributed by atoms with E-state index in [4.69, 9.17) is 0 Å². The van der Waals surface area contributed by atoms with Crippen LogP contribution in [0.1, 0.15) is 25.3 Å². The average molecular weight is 210 g/mol. The van der Waals surface area contributed by atoms with Crippen molar-refractivity contribution in [1.29, 1.82) is 0 Å². The van der Waals surface area contributed by atoms with E-state index in [1.54, 1.807) is 0 Å². The van der Waals surface area contributed by atoms with Crippen LogP contribution in [0.25, 0.3) is 0 Å². The van der Waals surface area contributed by atoms with Gasteiger partial charge in [-0.3, -0.25) is 0 Å². The zero-order chi connectivity index (χ0) is 10.4. The molecule has 3 heteroatoms. The first kappa shape index (κ1) is 11.2. The molecule has 0 fully saturated rings. The second kappa shape index (κ2) is 5.81. The van der Waals surface area contributed by atoms with Crippen LogP contribution in [0.4, 0.5) is 0 Å². The van der Waals surface area contributed by atoms with Crippen LogP contribution < -0.4 is 0 Å². The first-order valence-electron chi connectivity index (χ1n) is 4.90. The van der Waals surface area contributed by atoms with Crippen molar-refractivity contribution in [3.05, 3.63) is 29.8 Å². The number of aryl methyl sites for hydroxylation is 1. The highest BCUT2D eigenvalue weighted by Crippen LogP contribution is 2.05. The average Bonchev–Trinajstić information content (AvgIpc) is 2.19. The second-order valence-corrected chi connectivity index (χ2v) is 4.50. The quantitative estimate of drug-likeness (QED) is 0.554. The minimum Gasteiger partial charge on any atom is -0.440 e. The van der Waals surface area contributed by atoms with Crippen molar-refractivity contribution in [2.24, 2.45) is 4.36 Å².